The van der Waals surface area contributed by atoms with Crippen LogP contribution < -0.4 is 5.32 Å². The second-order valence-electron chi connectivity index (χ2n) is 4.58. The van der Waals surface area contributed by atoms with Crippen LogP contribution in [0.2, 0.25) is 0 Å². The molecule has 2 rings (SSSR count). The monoisotopic (exact) mass is 260 g/mol. The molecule has 1 aromatic heterocycles. The molecule has 2 aromatic rings. The fourth-order valence-electron chi connectivity index (χ4n) is 1.86. The fourth-order valence-corrected chi connectivity index (χ4v) is 1.86. The lowest BCUT2D eigenvalue weighted by Crippen LogP contribution is -2.03. The van der Waals surface area contributed by atoms with E-state index < -0.39 is 0 Å². The highest BCUT2D eigenvalue weighted by Gasteiger charge is 2.15. The predicted molar refractivity (Wildman–Crippen MR) is 73.3 cm³/mol. The van der Waals surface area contributed by atoms with Crippen LogP contribution in [0.15, 0.2) is 28.7 Å². The number of hydrogen-bond donors (Lipinski definition) is 1. The molecule has 0 bridgehead atoms. The molecule has 5 heteroatoms. The van der Waals surface area contributed by atoms with Gasteiger partial charge in [-0.1, -0.05) is 0 Å². The first-order valence-electron chi connectivity index (χ1n) is 6.02. The van der Waals surface area contributed by atoms with Crippen LogP contribution in [-0.2, 0) is 6.54 Å². The molecule has 0 aliphatic heterocycles. The van der Waals surface area contributed by atoms with Crippen LogP contribution in [-0.4, -0.2) is 4.92 Å². The summed E-state index contributed by atoms with van der Waals surface area (Å²) >= 11 is 0. The lowest BCUT2D eigenvalue weighted by atomic mass is 10.1. The SMILES string of the molecule is Cc1ccc(CNc2cc(C)c(C)cc2[N+](=O)[O-])o1. The Morgan fingerprint density at radius 1 is 1.21 bits per heavy atom. The number of anilines is 1. The molecule has 0 aliphatic carbocycles. The summed E-state index contributed by atoms with van der Waals surface area (Å²) in [4.78, 5) is 10.7. The van der Waals surface area contributed by atoms with Crippen molar-refractivity contribution in [3.05, 3.63) is 57.0 Å². The molecular formula is C14H16N2O3. The van der Waals surface area contributed by atoms with Gasteiger partial charge < -0.3 is 9.73 Å². The molecule has 5 nitrogen and oxygen atoms in total. The van der Waals surface area contributed by atoms with Gasteiger partial charge >= 0.3 is 0 Å². The van der Waals surface area contributed by atoms with E-state index in [1.165, 1.54) is 0 Å². The van der Waals surface area contributed by atoms with Crippen molar-refractivity contribution in [3.8, 4) is 0 Å². The topological polar surface area (TPSA) is 68.3 Å². The van der Waals surface area contributed by atoms with E-state index in [4.69, 9.17) is 4.42 Å². The van der Waals surface area contributed by atoms with Crippen molar-refractivity contribution in [1.82, 2.24) is 0 Å². The minimum Gasteiger partial charge on any atom is -0.465 e. The van der Waals surface area contributed by atoms with Crippen molar-refractivity contribution in [1.29, 1.82) is 0 Å². The molecule has 0 saturated carbocycles. The van der Waals surface area contributed by atoms with Crippen LogP contribution in [0.25, 0.3) is 0 Å². The maximum absolute atomic E-state index is 11.0. The van der Waals surface area contributed by atoms with Gasteiger partial charge in [-0.2, -0.15) is 0 Å². The smallest absolute Gasteiger partial charge is 0.292 e. The number of nitro groups is 1. The van der Waals surface area contributed by atoms with E-state index in [9.17, 15) is 10.1 Å². The van der Waals surface area contributed by atoms with E-state index in [1.807, 2.05) is 32.9 Å². The Kier molecular flexibility index (Phi) is 3.55. The molecule has 0 radical (unpaired) electrons. The first kappa shape index (κ1) is 13.1. The van der Waals surface area contributed by atoms with Crippen molar-refractivity contribution < 1.29 is 9.34 Å². The molecule has 0 amide bonds. The summed E-state index contributed by atoms with van der Waals surface area (Å²) < 4.78 is 5.43. The van der Waals surface area contributed by atoms with Crippen molar-refractivity contribution >= 4 is 11.4 Å². The number of nitro benzene ring substituents is 1. The van der Waals surface area contributed by atoms with E-state index in [0.29, 0.717) is 12.2 Å². The van der Waals surface area contributed by atoms with Crippen LogP contribution in [0.5, 0.6) is 0 Å². The maximum atomic E-state index is 11.0. The minimum absolute atomic E-state index is 0.0892. The highest BCUT2D eigenvalue weighted by atomic mass is 16.6. The average molecular weight is 260 g/mol. The second-order valence-corrected chi connectivity index (χ2v) is 4.58. The summed E-state index contributed by atoms with van der Waals surface area (Å²) in [6.07, 6.45) is 0. The number of nitrogens with one attached hydrogen (secondary N) is 1. The average Bonchev–Trinajstić information content (AvgIpc) is 2.76. The molecule has 0 atom stereocenters. The molecule has 1 N–H and O–H groups in total. The van der Waals surface area contributed by atoms with Gasteiger partial charge in [0.05, 0.1) is 11.5 Å². The number of rotatable bonds is 4. The van der Waals surface area contributed by atoms with Crippen LogP contribution >= 0.6 is 0 Å². The van der Waals surface area contributed by atoms with Crippen LogP contribution in [0.3, 0.4) is 0 Å². The number of furan rings is 1. The number of hydrogen-bond acceptors (Lipinski definition) is 4. The lowest BCUT2D eigenvalue weighted by Gasteiger charge is -2.08. The molecule has 0 saturated heterocycles. The maximum Gasteiger partial charge on any atom is 0.292 e. The zero-order chi connectivity index (χ0) is 14.0. The Bertz CT molecular complexity index is 617. The lowest BCUT2D eigenvalue weighted by molar-refractivity contribution is -0.384. The highest BCUT2D eigenvalue weighted by Crippen LogP contribution is 2.28. The molecule has 0 fully saturated rings. The van der Waals surface area contributed by atoms with E-state index in [0.717, 1.165) is 22.6 Å². The summed E-state index contributed by atoms with van der Waals surface area (Å²) in [6.45, 7) is 6.09. The van der Waals surface area contributed by atoms with Gasteiger partial charge in [0.1, 0.15) is 17.2 Å². The summed E-state index contributed by atoms with van der Waals surface area (Å²) in [6, 6.07) is 7.11. The van der Waals surface area contributed by atoms with Crippen LogP contribution in [0, 0.1) is 30.9 Å². The molecule has 100 valence electrons. The van der Waals surface area contributed by atoms with Crippen LogP contribution in [0.1, 0.15) is 22.6 Å². The third-order valence-electron chi connectivity index (χ3n) is 3.06. The van der Waals surface area contributed by atoms with Gasteiger partial charge in [0.2, 0.25) is 0 Å². The van der Waals surface area contributed by atoms with Crippen molar-refractivity contribution in [2.75, 3.05) is 5.32 Å². The summed E-state index contributed by atoms with van der Waals surface area (Å²) in [5, 5.41) is 14.1. The minimum atomic E-state index is -0.373. The predicted octanol–water partition coefficient (Wildman–Crippen LogP) is 3.73. The quantitative estimate of drug-likeness (QED) is 0.671. The van der Waals surface area contributed by atoms with E-state index in [1.54, 1.807) is 12.1 Å². The molecular weight excluding hydrogens is 244 g/mol. The Morgan fingerprint density at radius 2 is 1.89 bits per heavy atom. The molecule has 0 spiro atoms. The van der Waals surface area contributed by atoms with Gasteiger partial charge in [0.25, 0.3) is 5.69 Å². The van der Waals surface area contributed by atoms with Crippen molar-refractivity contribution in [2.24, 2.45) is 0 Å². The third kappa shape index (κ3) is 2.93. The largest absolute Gasteiger partial charge is 0.465 e. The Balaban J connectivity index is 2.23. The Morgan fingerprint density at radius 3 is 2.47 bits per heavy atom. The zero-order valence-corrected chi connectivity index (χ0v) is 11.2. The van der Waals surface area contributed by atoms with Gasteiger partial charge in [-0.15, -0.1) is 0 Å². The normalized spacial score (nSPS) is 10.5. The summed E-state index contributed by atoms with van der Waals surface area (Å²) in [5.41, 5.74) is 2.53. The van der Waals surface area contributed by atoms with Crippen molar-refractivity contribution in [3.63, 3.8) is 0 Å². The third-order valence-corrected chi connectivity index (χ3v) is 3.06. The van der Waals surface area contributed by atoms with Crippen LogP contribution in [0.4, 0.5) is 11.4 Å². The zero-order valence-electron chi connectivity index (χ0n) is 11.2. The summed E-state index contributed by atoms with van der Waals surface area (Å²) in [5.74, 6) is 1.58. The standard InChI is InChI=1S/C14H16N2O3/c1-9-6-13(14(16(17)18)7-10(9)2)15-8-12-5-4-11(3)19-12/h4-7,15H,8H2,1-3H3. The summed E-state index contributed by atoms with van der Waals surface area (Å²) in [7, 11) is 0. The fraction of sp³-hybridized carbons (Fsp3) is 0.286. The number of benzene rings is 1. The van der Waals surface area contributed by atoms with Gasteiger partial charge in [0.15, 0.2) is 0 Å². The molecule has 0 unspecified atom stereocenters. The second kappa shape index (κ2) is 5.14. The van der Waals surface area contributed by atoms with E-state index >= 15 is 0 Å². The van der Waals surface area contributed by atoms with E-state index in [2.05, 4.69) is 5.32 Å². The first-order valence-corrected chi connectivity index (χ1v) is 6.02. The van der Waals surface area contributed by atoms with E-state index in [-0.39, 0.29) is 10.6 Å². The molecule has 1 aromatic carbocycles. The number of nitrogens with zero attached hydrogens (tertiary/aromatic N) is 1. The highest BCUT2D eigenvalue weighted by molar-refractivity contribution is 5.64. The molecule has 1 heterocycles. The van der Waals surface area contributed by atoms with Gasteiger partial charge in [-0.3, -0.25) is 10.1 Å². The van der Waals surface area contributed by atoms with Crippen molar-refractivity contribution in [2.45, 2.75) is 27.3 Å². The Hall–Kier alpha value is -2.30. The van der Waals surface area contributed by atoms with Gasteiger partial charge in [0, 0.05) is 6.07 Å². The first-order chi connectivity index (χ1) is 8.97. The van der Waals surface area contributed by atoms with Gasteiger partial charge in [-0.05, 0) is 50.1 Å². The van der Waals surface area contributed by atoms with Gasteiger partial charge in [-0.25, -0.2) is 0 Å². The number of aryl methyl sites for hydroxylation is 3. The molecule has 19 heavy (non-hydrogen) atoms. The Labute approximate surface area is 111 Å². The molecule has 0 aliphatic rings.